The highest BCUT2D eigenvalue weighted by atomic mass is 35.5. The van der Waals surface area contributed by atoms with E-state index in [9.17, 15) is 9.59 Å². The number of carbonyl (C=O) groups is 2. The molecule has 6 heteroatoms. The molecule has 0 aliphatic rings. The number of amides is 1. The number of esters is 1. The number of rotatable bonds is 4. The first-order valence-electron chi connectivity index (χ1n) is 7.29. The quantitative estimate of drug-likeness (QED) is 0.718. The lowest BCUT2D eigenvalue weighted by Gasteiger charge is -2.12. The molecule has 0 spiro atoms. The van der Waals surface area contributed by atoms with Crippen LogP contribution in [0.1, 0.15) is 17.5 Å². The molecular formula is C18H14ClNO4. The highest BCUT2D eigenvalue weighted by Gasteiger charge is 2.21. The maximum absolute atomic E-state index is 12.1. The van der Waals surface area contributed by atoms with Gasteiger partial charge < -0.3 is 14.5 Å². The number of carbonyl (C=O) groups excluding carboxylic acids is 2. The summed E-state index contributed by atoms with van der Waals surface area (Å²) in [5, 5.41) is 3.93. The van der Waals surface area contributed by atoms with E-state index in [4.69, 9.17) is 20.8 Å². The Kier molecular flexibility index (Phi) is 4.53. The molecule has 0 saturated heterocycles. The Morgan fingerprint density at radius 1 is 1.12 bits per heavy atom. The van der Waals surface area contributed by atoms with Crippen molar-refractivity contribution in [1.29, 1.82) is 0 Å². The van der Waals surface area contributed by atoms with Crippen LogP contribution in [0.3, 0.4) is 0 Å². The standard InChI is InChI=1S/C18H14ClNO4/c1-11(17(21)20-14-7-4-6-13(19)10-14)23-18(22)16-9-12-5-2-3-8-15(12)24-16/h2-11H,1H3,(H,20,21). The third-order valence-electron chi connectivity index (χ3n) is 3.37. The molecule has 0 aliphatic carbocycles. The summed E-state index contributed by atoms with van der Waals surface area (Å²) >= 11 is 5.86. The van der Waals surface area contributed by atoms with Crippen molar-refractivity contribution in [1.82, 2.24) is 0 Å². The zero-order valence-corrected chi connectivity index (χ0v) is 13.5. The lowest BCUT2D eigenvalue weighted by Crippen LogP contribution is -2.29. The number of anilines is 1. The van der Waals surface area contributed by atoms with Crippen LogP contribution in [0.5, 0.6) is 0 Å². The van der Waals surface area contributed by atoms with Gasteiger partial charge in [-0.2, -0.15) is 0 Å². The van der Waals surface area contributed by atoms with E-state index in [0.717, 1.165) is 5.39 Å². The molecule has 1 amide bonds. The van der Waals surface area contributed by atoms with Crippen molar-refractivity contribution in [2.24, 2.45) is 0 Å². The van der Waals surface area contributed by atoms with Crippen LogP contribution in [-0.4, -0.2) is 18.0 Å². The van der Waals surface area contributed by atoms with E-state index in [1.807, 2.05) is 18.2 Å². The molecule has 0 bridgehead atoms. The summed E-state index contributed by atoms with van der Waals surface area (Å²) in [4.78, 5) is 24.2. The molecule has 5 nitrogen and oxygen atoms in total. The Labute approximate surface area is 143 Å². The van der Waals surface area contributed by atoms with Crippen molar-refractivity contribution >= 4 is 40.1 Å². The van der Waals surface area contributed by atoms with Crippen LogP contribution in [-0.2, 0) is 9.53 Å². The number of nitrogens with one attached hydrogen (secondary N) is 1. The fourth-order valence-electron chi connectivity index (χ4n) is 2.16. The number of ether oxygens (including phenoxy) is 1. The SMILES string of the molecule is CC(OC(=O)c1cc2ccccc2o1)C(=O)Nc1cccc(Cl)c1. The fourth-order valence-corrected chi connectivity index (χ4v) is 2.36. The minimum absolute atomic E-state index is 0.0543. The third-order valence-corrected chi connectivity index (χ3v) is 3.61. The Hall–Kier alpha value is -2.79. The lowest BCUT2D eigenvalue weighted by atomic mass is 10.2. The molecule has 3 aromatic rings. The molecular weight excluding hydrogens is 330 g/mol. The average molecular weight is 344 g/mol. The lowest BCUT2D eigenvalue weighted by molar-refractivity contribution is -0.123. The molecule has 122 valence electrons. The normalized spacial score (nSPS) is 11.9. The molecule has 2 aromatic carbocycles. The number of furan rings is 1. The van der Waals surface area contributed by atoms with Crippen molar-refractivity contribution in [3.8, 4) is 0 Å². The highest BCUT2D eigenvalue weighted by molar-refractivity contribution is 6.30. The van der Waals surface area contributed by atoms with Gasteiger partial charge in [0.1, 0.15) is 5.58 Å². The second kappa shape index (κ2) is 6.76. The van der Waals surface area contributed by atoms with Crippen LogP contribution in [0.4, 0.5) is 5.69 Å². The topological polar surface area (TPSA) is 68.5 Å². The summed E-state index contributed by atoms with van der Waals surface area (Å²) in [5.41, 5.74) is 1.11. The molecule has 0 fully saturated rings. The molecule has 0 radical (unpaired) electrons. The van der Waals surface area contributed by atoms with Crippen molar-refractivity contribution in [3.63, 3.8) is 0 Å². The number of benzene rings is 2. The van der Waals surface area contributed by atoms with Crippen molar-refractivity contribution in [3.05, 3.63) is 65.4 Å². The van der Waals surface area contributed by atoms with Gasteiger partial charge in [0, 0.05) is 16.1 Å². The predicted molar refractivity (Wildman–Crippen MR) is 91.2 cm³/mol. The van der Waals surface area contributed by atoms with Gasteiger partial charge in [-0.25, -0.2) is 4.79 Å². The van der Waals surface area contributed by atoms with Crippen molar-refractivity contribution in [2.75, 3.05) is 5.32 Å². The first-order chi connectivity index (χ1) is 11.5. The second-order valence-corrected chi connectivity index (χ2v) is 5.63. The van der Waals surface area contributed by atoms with E-state index < -0.39 is 18.0 Å². The van der Waals surface area contributed by atoms with E-state index in [-0.39, 0.29) is 5.76 Å². The Morgan fingerprint density at radius 2 is 1.92 bits per heavy atom. The van der Waals surface area contributed by atoms with Crippen molar-refractivity contribution < 1.29 is 18.7 Å². The van der Waals surface area contributed by atoms with Gasteiger partial charge in [0.2, 0.25) is 5.76 Å². The number of fused-ring (bicyclic) bond motifs is 1. The van der Waals surface area contributed by atoms with Crippen LogP contribution in [0, 0.1) is 0 Å². The van der Waals surface area contributed by atoms with Gasteiger partial charge in [0.15, 0.2) is 6.10 Å². The summed E-state index contributed by atoms with van der Waals surface area (Å²) < 4.78 is 10.6. The molecule has 0 saturated carbocycles. The Morgan fingerprint density at radius 3 is 2.67 bits per heavy atom. The summed E-state index contributed by atoms with van der Waals surface area (Å²) in [6, 6.07) is 15.5. The molecule has 1 heterocycles. The minimum atomic E-state index is -0.982. The van der Waals surface area contributed by atoms with Crippen molar-refractivity contribution in [2.45, 2.75) is 13.0 Å². The maximum atomic E-state index is 12.1. The summed E-state index contributed by atoms with van der Waals surface area (Å²) in [7, 11) is 0. The summed E-state index contributed by atoms with van der Waals surface area (Å²) in [6.07, 6.45) is -0.982. The number of halogens is 1. The van der Waals surface area contributed by atoms with Crippen LogP contribution in [0.2, 0.25) is 5.02 Å². The van der Waals surface area contributed by atoms with Gasteiger partial charge >= 0.3 is 5.97 Å². The largest absolute Gasteiger partial charge is 0.449 e. The van der Waals surface area contributed by atoms with Crippen LogP contribution < -0.4 is 5.32 Å². The molecule has 24 heavy (non-hydrogen) atoms. The Balaban J connectivity index is 1.65. The molecule has 1 unspecified atom stereocenters. The number of hydrogen-bond acceptors (Lipinski definition) is 4. The fraction of sp³-hybridized carbons (Fsp3) is 0.111. The first-order valence-corrected chi connectivity index (χ1v) is 7.67. The highest BCUT2D eigenvalue weighted by Crippen LogP contribution is 2.20. The van der Waals surface area contributed by atoms with E-state index in [1.54, 1.807) is 36.4 Å². The predicted octanol–water partition coefficient (Wildman–Crippen LogP) is 4.27. The molecule has 0 aliphatic heterocycles. The summed E-state index contributed by atoms with van der Waals surface area (Å²) in [6.45, 7) is 1.49. The van der Waals surface area contributed by atoms with Crippen LogP contribution >= 0.6 is 11.6 Å². The first kappa shape index (κ1) is 16.1. The number of hydrogen-bond donors (Lipinski definition) is 1. The van der Waals surface area contributed by atoms with E-state index >= 15 is 0 Å². The smallest absolute Gasteiger partial charge is 0.375 e. The van der Waals surface area contributed by atoms with E-state index in [0.29, 0.717) is 16.3 Å². The van der Waals surface area contributed by atoms with Gasteiger partial charge in [-0.1, -0.05) is 35.9 Å². The monoisotopic (exact) mass is 343 g/mol. The van der Waals surface area contributed by atoms with E-state index in [2.05, 4.69) is 5.32 Å². The molecule has 1 atom stereocenters. The Bertz CT molecular complexity index is 870. The molecule has 1 aromatic heterocycles. The summed E-state index contributed by atoms with van der Waals surface area (Å²) in [5.74, 6) is -1.10. The second-order valence-electron chi connectivity index (χ2n) is 5.20. The zero-order valence-electron chi connectivity index (χ0n) is 12.8. The zero-order chi connectivity index (χ0) is 17.1. The van der Waals surface area contributed by atoms with Gasteiger partial charge in [0.05, 0.1) is 0 Å². The van der Waals surface area contributed by atoms with Crippen LogP contribution in [0.15, 0.2) is 59.0 Å². The maximum Gasteiger partial charge on any atom is 0.375 e. The molecule has 3 rings (SSSR count). The molecule has 1 N–H and O–H groups in total. The third kappa shape index (κ3) is 3.58. The van der Waals surface area contributed by atoms with Crippen LogP contribution in [0.25, 0.3) is 11.0 Å². The van der Waals surface area contributed by atoms with Gasteiger partial charge in [-0.05, 0) is 37.3 Å². The van der Waals surface area contributed by atoms with Gasteiger partial charge in [0.25, 0.3) is 5.91 Å². The van der Waals surface area contributed by atoms with Gasteiger partial charge in [-0.3, -0.25) is 4.79 Å². The average Bonchev–Trinajstić information content (AvgIpc) is 2.99. The number of para-hydroxylation sites is 1. The van der Waals surface area contributed by atoms with Gasteiger partial charge in [-0.15, -0.1) is 0 Å². The minimum Gasteiger partial charge on any atom is -0.449 e. The van der Waals surface area contributed by atoms with E-state index in [1.165, 1.54) is 6.92 Å².